The molecule has 0 unspecified atom stereocenters. The second kappa shape index (κ2) is 6.48. The number of hydrogen-bond acceptors (Lipinski definition) is 4. The Kier molecular flexibility index (Phi) is 4.41. The number of piperazine rings is 1. The van der Waals surface area contributed by atoms with Gasteiger partial charge in [0.2, 0.25) is 0 Å². The van der Waals surface area contributed by atoms with E-state index in [1.807, 2.05) is 11.9 Å². The minimum Gasteiger partial charge on any atom is -0.352 e. The van der Waals surface area contributed by atoms with Crippen molar-refractivity contribution in [2.75, 3.05) is 38.1 Å². The van der Waals surface area contributed by atoms with Crippen molar-refractivity contribution < 1.29 is 26.3 Å². The molecule has 1 saturated heterocycles. The van der Waals surface area contributed by atoms with Crippen LogP contribution in [0.15, 0.2) is 18.3 Å². The Morgan fingerprint density at radius 1 is 0.897 bits per heavy atom. The Morgan fingerprint density at radius 2 is 1.55 bits per heavy atom. The van der Waals surface area contributed by atoms with Gasteiger partial charge in [-0.1, -0.05) is 0 Å². The van der Waals surface area contributed by atoms with E-state index >= 15 is 0 Å². The summed E-state index contributed by atoms with van der Waals surface area (Å²) in [5, 5.41) is 4.43. The van der Waals surface area contributed by atoms with Gasteiger partial charge in [-0.2, -0.15) is 27.1 Å². The van der Waals surface area contributed by atoms with Gasteiger partial charge in [0.05, 0.1) is 0 Å². The van der Waals surface area contributed by atoms with Gasteiger partial charge in [0, 0.05) is 55.8 Å². The first-order valence-electron chi connectivity index (χ1n) is 8.84. The number of pyridine rings is 1. The van der Waals surface area contributed by atoms with Crippen LogP contribution in [-0.2, 0) is 13.0 Å². The molecule has 1 aliphatic heterocycles. The number of rotatable bonds is 2. The maximum absolute atomic E-state index is 14.7. The third-order valence-corrected chi connectivity index (χ3v) is 5.13. The molecule has 1 fully saturated rings. The average Bonchev–Trinajstić information content (AvgIpc) is 3.02. The van der Waals surface area contributed by atoms with Crippen LogP contribution in [0.5, 0.6) is 0 Å². The fourth-order valence-electron chi connectivity index (χ4n) is 3.51. The third-order valence-electron chi connectivity index (χ3n) is 5.13. The number of halogens is 6. The lowest BCUT2D eigenvalue weighted by Crippen LogP contribution is -2.45. The van der Waals surface area contributed by atoms with Crippen LogP contribution in [0.3, 0.4) is 0 Å². The van der Waals surface area contributed by atoms with Gasteiger partial charge in [0.1, 0.15) is 16.9 Å². The molecule has 11 heteroatoms. The van der Waals surface area contributed by atoms with E-state index in [1.165, 1.54) is 10.9 Å². The van der Waals surface area contributed by atoms with Crippen LogP contribution >= 0.6 is 0 Å². The summed E-state index contributed by atoms with van der Waals surface area (Å²) in [4.78, 5) is 8.30. The zero-order valence-electron chi connectivity index (χ0n) is 15.6. The van der Waals surface area contributed by atoms with Crippen molar-refractivity contribution in [3.63, 3.8) is 0 Å². The van der Waals surface area contributed by atoms with Crippen molar-refractivity contribution in [1.82, 2.24) is 19.7 Å². The molecule has 3 heterocycles. The van der Waals surface area contributed by atoms with E-state index in [9.17, 15) is 26.3 Å². The van der Waals surface area contributed by atoms with E-state index in [1.54, 1.807) is 7.05 Å². The molecule has 0 aliphatic carbocycles. The monoisotopic (exact) mass is 417 g/mol. The molecule has 29 heavy (non-hydrogen) atoms. The zero-order chi connectivity index (χ0) is 21.1. The summed E-state index contributed by atoms with van der Waals surface area (Å²) in [6.07, 6.45) is -4.37. The summed E-state index contributed by atoms with van der Waals surface area (Å²) in [5.41, 5.74) is -1.40. The minimum atomic E-state index is -5.84. The van der Waals surface area contributed by atoms with Crippen molar-refractivity contribution in [3.8, 4) is 0 Å². The molecule has 0 bridgehead atoms. The number of anilines is 1. The Hall–Kier alpha value is -2.56. The number of aromatic nitrogens is 3. The maximum atomic E-state index is 14.7. The van der Waals surface area contributed by atoms with E-state index in [2.05, 4.69) is 15.0 Å². The molecule has 5 nitrogen and oxygen atoms in total. The first-order valence-corrected chi connectivity index (χ1v) is 8.84. The van der Waals surface area contributed by atoms with E-state index in [4.69, 9.17) is 0 Å². The summed E-state index contributed by atoms with van der Waals surface area (Å²) in [6.45, 7) is 2.69. The second-order valence-electron chi connectivity index (χ2n) is 7.22. The highest BCUT2D eigenvalue weighted by atomic mass is 19.4. The van der Waals surface area contributed by atoms with E-state index in [0.29, 0.717) is 30.5 Å². The number of aryl methyl sites for hydroxylation is 1. The van der Waals surface area contributed by atoms with E-state index in [0.717, 1.165) is 13.1 Å². The fourth-order valence-corrected chi connectivity index (χ4v) is 3.51. The van der Waals surface area contributed by atoms with E-state index < -0.39 is 23.5 Å². The number of likely N-dealkylation sites (N-methyl/N-ethyl adjacent to an activating group) is 1. The molecule has 1 aromatic carbocycles. The van der Waals surface area contributed by atoms with Gasteiger partial charge in [0.25, 0.3) is 0 Å². The minimum absolute atomic E-state index is 0.134. The first kappa shape index (κ1) is 19.7. The van der Waals surface area contributed by atoms with Crippen LogP contribution in [0.25, 0.3) is 21.8 Å². The van der Waals surface area contributed by atoms with Crippen molar-refractivity contribution in [1.29, 1.82) is 0 Å². The molecular formula is C18H17F6N5. The van der Waals surface area contributed by atoms with Crippen molar-refractivity contribution >= 4 is 27.6 Å². The average molecular weight is 417 g/mol. The standard InChI is InChI=1S/C18H17F6N5/c1-27-3-5-29(6-4-27)16-15-12(9-28(2)26-15)11-7-10(8-13(19)14(11)25-16)17(20,21)18(22,23)24/h7-9H,3-6H2,1-2H3. The van der Waals surface area contributed by atoms with Gasteiger partial charge >= 0.3 is 12.1 Å². The van der Waals surface area contributed by atoms with Crippen LogP contribution in [0.1, 0.15) is 5.56 Å². The molecule has 1 aliphatic rings. The lowest BCUT2D eigenvalue weighted by Gasteiger charge is -2.33. The van der Waals surface area contributed by atoms with Crippen LogP contribution in [0.4, 0.5) is 32.2 Å². The topological polar surface area (TPSA) is 37.2 Å². The summed E-state index contributed by atoms with van der Waals surface area (Å²) in [5.74, 6) is -6.04. The van der Waals surface area contributed by atoms with Gasteiger partial charge < -0.3 is 9.80 Å². The largest absolute Gasteiger partial charge is 0.458 e. The van der Waals surface area contributed by atoms with Crippen LogP contribution in [-0.4, -0.2) is 59.1 Å². The lowest BCUT2D eigenvalue weighted by molar-refractivity contribution is -0.289. The van der Waals surface area contributed by atoms with Crippen LogP contribution in [0, 0.1) is 5.82 Å². The SMILES string of the molecule is CN1CCN(c2nc3c(F)cc(C(F)(F)C(F)(F)F)cc3c3cn(C)nc23)CC1. The van der Waals surface area contributed by atoms with Gasteiger partial charge in [-0.05, 0) is 19.2 Å². The van der Waals surface area contributed by atoms with E-state index in [-0.39, 0.29) is 22.4 Å². The Labute approximate surface area is 161 Å². The molecule has 0 amide bonds. The second-order valence-corrected chi connectivity index (χ2v) is 7.22. The Balaban J connectivity index is 1.96. The maximum Gasteiger partial charge on any atom is 0.458 e. The number of fused-ring (bicyclic) bond motifs is 3. The van der Waals surface area contributed by atoms with Gasteiger partial charge in [-0.3, -0.25) is 4.68 Å². The predicted molar refractivity (Wildman–Crippen MR) is 95.6 cm³/mol. The Morgan fingerprint density at radius 3 is 2.17 bits per heavy atom. The van der Waals surface area contributed by atoms with Gasteiger partial charge in [-0.25, -0.2) is 9.37 Å². The number of nitrogens with zero attached hydrogens (tertiary/aromatic N) is 5. The molecule has 0 spiro atoms. The molecular weight excluding hydrogens is 400 g/mol. The smallest absolute Gasteiger partial charge is 0.352 e. The fraction of sp³-hybridized carbons (Fsp3) is 0.444. The first-order chi connectivity index (χ1) is 13.5. The van der Waals surface area contributed by atoms with Crippen molar-refractivity contribution in [3.05, 3.63) is 29.7 Å². The number of benzene rings is 1. The van der Waals surface area contributed by atoms with Gasteiger partial charge in [0.15, 0.2) is 5.82 Å². The summed E-state index contributed by atoms with van der Waals surface area (Å²) >= 11 is 0. The molecule has 3 aromatic rings. The highest BCUT2D eigenvalue weighted by Crippen LogP contribution is 2.45. The number of alkyl halides is 5. The zero-order valence-corrected chi connectivity index (χ0v) is 15.6. The van der Waals surface area contributed by atoms with Crippen LogP contribution < -0.4 is 4.90 Å². The number of hydrogen-bond donors (Lipinski definition) is 0. The molecule has 2 aromatic heterocycles. The molecule has 0 saturated carbocycles. The quantitative estimate of drug-likeness (QED) is 0.597. The predicted octanol–water partition coefficient (Wildman–Crippen LogP) is 3.67. The van der Waals surface area contributed by atoms with Crippen molar-refractivity contribution in [2.24, 2.45) is 7.05 Å². The van der Waals surface area contributed by atoms with Crippen LogP contribution in [0.2, 0.25) is 0 Å². The molecule has 4 rings (SSSR count). The Bertz CT molecular complexity index is 1080. The highest BCUT2D eigenvalue weighted by Gasteiger charge is 2.59. The summed E-state index contributed by atoms with van der Waals surface area (Å²) < 4.78 is 82.1. The molecule has 0 radical (unpaired) electrons. The van der Waals surface area contributed by atoms with Crippen molar-refractivity contribution in [2.45, 2.75) is 12.1 Å². The normalized spacial score (nSPS) is 16.9. The molecule has 0 atom stereocenters. The molecule has 0 N–H and O–H groups in total. The van der Waals surface area contributed by atoms with Gasteiger partial charge in [-0.15, -0.1) is 0 Å². The molecule has 156 valence electrons. The highest BCUT2D eigenvalue weighted by molar-refractivity contribution is 6.08. The lowest BCUT2D eigenvalue weighted by atomic mass is 10.0. The summed E-state index contributed by atoms with van der Waals surface area (Å²) in [6, 6.07) is 0.857. The third kappa shape index (κ3) is 3.17. The summed E-state index contributed by atoms with van der Waals surface area (Å²) in [7, 11) is 3.55.